The van der Waals surface area contributed by atoms with Crippen molar-refractivity contribution in [2.24, 2.45) is 7.05 Å². The maximum absolute atomic E-state index is 13.4. The van der Waals surface area contributed by atoms with Crippen LogP contribution in [-0.2, 0) is 13.5 Å². The van der Waals surface area contributed by atoms with Crippen molar-refractivity contribution in [3.63, 3.8) is 0 Å². The zero-order valence-corrected chi connectivity index (χ0v) is 16.4. The molecule has 0 bridgehead atoms. The quantitative estimate of drug-likeness (QED) is 0.562. The number of nitrogens with one attached hydrogen (secondary N) is 1. The number of aromatic amines is 1. The van der Waals surface area contributed by atoms with E-state index >= 15 is 0 Å². The molecule has 0 spiro atoms. The molecule has 1 N–H and O–H groups in total. The van der Waals surface area contributed by atoms with Gasteiger partial charge in [0.2, 0.25) is 0 Å². The second-order valence-corrected chi connectivity index (χ2v) is 7.39. The molecule has 10 heteroatoms. The summed E-state index contributed by atoms with van der Waals surface area (Å²) in [7, 11) is 1.49. The number of carbonyl (C=O) groups is 1. The van der Waals surface area contributed by atoms with Crippen molar-refractivity contribution in [3.05, 3.63) is 70.8 Å². The molecule has 1 amide bonds. The summed E-state index contributed by atoms with van der Waals surface area (Å²) in [5, 5.41) is 8.47. The van der Waals surface area contributed by atoms with Crippen LogP contribution < -0.4 is 0 Å². The highest BCUT2D eigenvalue weighted by Gasteiger charge is 2.37. The molecular weight excluding hydrogens is 392 g/mol. The van der Waals surface area contributed by atoms with Crippen molar-refractivity contribution < 1.29 is 13.6 Å². The molecule has 1 atom stereocenters. The number of halogens is 2. The van der Waals surface area contributed by atoms with Crippen molar-refractivity contribution in [1.82, 2.24) is 34.3 Å². The normalized spacial score (nSPS) is 16.4. The molecule has 0 saturated carbocycles. The molecule has 4 aromatic heterocycles. The fourth-order valence-corrected chi connectivity index (χ4v) is 4.05. The number of aryl methyl sites for hydroxylation is 2. The van der Waals surface area contributed by atoms with Gasteiger partial charge < -0.3 is 9.88 Å². The molecule has 4 aromatic rings. The lowest BCUT2D eigenvalue weighted by Crippen LogP contribution is -2.41. The Bertz CT molecular complexity index is 1260. The van der Waals surface area contributed by atoms with Gasteiger partial charge in [0.05, 0.1) is 23.2 Å². The van der Waals surface area contributed by atoms with E-state index in [2.05, 4.69) is 20.2 Å². The topological polar surface area (TPSA) is 84.1 Å². The first-order valence-corrected chi connectivity index (χ1v) is 9.54. The van der Waals surface area contributed by atoms with Crippen LogP contribution in [0.4, 0.5) is 8.78 Å². The van der Waals surface area contributed by atoms with Crippen molar-refractivity contribution in [2.75, 3.05) is 6.54 Å². The van der Waals surface area contributed by atoms with Gasteiger partial charge in [-0.15, -0.1) is 0 Å². The molecule has 1 aliphatic heterocycles. The smallest absolute Gasteiger partial charge is 0.282 e. The van der Waals surface area contributed by atoms with Gasteiger partial charge in [0, 0.05) is 31.9 Å². The molecule has 30 heavy (non-hydrogen) atoms. The molecule has 1 aliphatic rings. The molecule has 5 heterocycles. The highest BCUT2D eigenvalue weighted by molar-refractivity contribution is 5.93. The van der Waals surface area contributed by atoms with Gasteiger partial charge >= 0.3 is 0 Å². The number of amides is 1. The van der Waals surface area contributed by atoms with Crippen LogP contribution in [0.5, 0.6) is 0 Å². The average Bonchev–Trinajstić information content (AvgIpc) is 3.44. The summed E-state index contributed by atoms with van der Waals surface area (Å²) in [4.78, 5) is 22.6. The third kappa shape index (κ3) is 2.78. The number of imidazole rings is 1. The lowest BCUT2D eigenvalue weighted by Gasteiger charge is -2.33. The molecule has 0 aliphatic carbocycles. The molecule has 154 valence electrons. The third-order valence-corrected chi connectivity index (χ3v) is 5.54. The minimum Gasteiger partial charge on any atom is -0.348 e. The Labute approximate surface area is 170 Å². The molecule has 5 rings (SSSR count). The summed E-state index contributed by atoms with van der Waals surface area (Å²) in [6.07, 6.45) is 1.30. The maximum atomic E-state index is 13.4. The zero-order valence-electron chi connectivity index (χ0n) is 16.4. The van der Waals surface area contributed by atoms with Crippen LogP contribution in [0, 0.1) is 6.92 Å². The lowest BCUT2D eigenvalue weighted by atomic mass is 9.99. The molecule has 0 saturated heterocycles. The van der Waals surface area contributed by atoms with Gasteiger partial charge in [-0.25, -0.2) is 18.3 Å². The summed E-state index contributed by atoms with van der Waals surface area (Å²) < 4.78 is 29.2. The first-order valence-electron chi connectivity index (χ1n) is 9.54. The predicted molar refractivity (Wildman–Crippen MR) is 103 cm³/mol. The number of alkyl halides is 2. The number of H-pyrrole nitrogens is 1. The van der Waals surface area contributed by atoms with E-state index in [4.69, 9.17) is 0 Å². The maximum Gasteiger partial charge on any atom is 0.282 e. The number of rotatable bonds is 3. The van der Waals surface area contributed by atoms with E-state index in [1.54, 1.807) is 15.7 Å². The van der Waals surface area contributed by atoms with Crippen molar-refractivity contribution in [1.29, 1.82) is 0 Å². The number of nitrogens with zero attached hydrogens (tertiary/aromatic N) is 6. The zero-order chi connectivity index (χ0) is 21.0. The van der Waals surface area contributed by atoms with E-state index in [1.165, 1.54) is 11.7 Å². The minimum atomic E-state index is -2.74. The summed E-state index contributed by atoms with van der Waals surface area (Å²) in [5.41, 5.74) is 4.00. The summed E-state index contributed by atoms with van der Waals surface area (Å²) in [5.74, 6) is -0.385. The van der Waals surface area contributed by atoms with Gasteiger partial charge in [-0.1, -0.05) is 6.07 Å². The van der Waals surface area contributed by atoms with E-state index in [9.17, 15) is 13.6 Å². The molecule has 8 nitrogen and oxygen atoms in total. The van der Waals surface area contributed by atoms with Gasteiger partial charge in [-0.3, -0.25) is 9.48 Å². The van der Waals surface area contributed by atoms with E-state index in [0.29, 0.717) is 24.4 Å². The molecular formula is C20H19F2N7O. The van der Waals surface area contributed by atoms with E-state index in [0.717, 1.165) is 22.8 Å². The first kappa shape index (κ1) is 18.5. The Kier molecular flexibility index (Phi) is 4.16. The predicted octanol–water partition coefficient (Wildman–Crippen LogP) is 2.82. The van der Waals surface area contributed by atoms with E-state index < -0.39 is 18.2 Å². The van der Waals surface area contributed by atoms with Crippen LogP contribution in [-0.4, -0.2) is 46.7 Å². The second-order valence-electron chi connectivity index (χ2n) is 7.39. The average molecular weight is 411 g/mol. The minimum absolute atomic E-state index is 0.106. The van der Waals surface area contributed by atoms with E-state index in [1.807, 2.05) is 31.3 Å². The molecule has 1 unspecified atom stereocenters. The number of pyridine rings is 1. The number of hydrogen-bond donors (Lipinski definition) is 1. The summed E-state index contributed by atoms with van der Waals surface area (Å²) in [6, 6.07) is 6.46. The molecule has 0 fully saturated rings. The third-order valence-electron chi connectivity index (χ3n) is 5.54. The second kappa shape index (κ2) is 6.75. The van der Waals surface area contributed by atoms with Crippen molar-refractivity contribution in [2.45, 2.75) is 25.8 Å². The monoisotopic (exact) mass is 411 g/mol. The Morgan fingerprint density at radius 1 is 1.30 bits per heavy atom. The summed E-state index contributed by atoms with van der Waals surface area (Å²) >= 11 is 0. The van der Waals surface area contributed by atoms with Crippen molar-refractivity contribution in [3.8, 4) is 0 Å². The number of hydrogen-bond acceptors (Lipinski definition) is 4. The van der Waals surface area contributed by atoms with Gasteiger partial charge in [0.25, 0.3) is 12.3 Å². The van der Waals surface area contributed by atoms with Crippen molar-refractivity contribution >= 4 is 11.4 Å². The number of fused-ring (bicyclic) bond motifs is 2. The highest BCUT2D eigenvalue weighted by atomic mass is 19.3. The standard InChI is InChI=1S/C20H19F2N7O/c1-11-4-3-6-29-15(11)8-13(26-29)18-17-12(23-10-24-17)5-7-28(18)20(30)16-9-14(19(21)22)25-27(16)2/h3-4,6,8-10,18-19H,5,7H2,1-2H3,(H,23,24). The molecule has 0 radical (unpaired) electrons. The van der Waals surface area contributed by atoms with Crippen LogP contribution in [0.2, 0.25) is 0 Å². The number of carbonyl (C=O) groups excluding carboxylic acids is 1. The highest BCUT2D eigenvalue weighted by Crippen LogP contribution is 2.34. The SMILES string of the molecule is Cc1cccn2nc(C3c4nc[nH]c4CCN3C(=O)c3cc(C(F)F)nn3C)cc12. The Morgan fingerprint density at radius 2 is 2.13 bits per heavy atom. The largest absolute Gasteiger partial charge is 0.348 e. The van der Waals surface area contributed by atoms with Crippen LogP contribution in [0.25, 0.3) is 5.52 Å². The molecule has 0 aromatic carbocycles. The van der Waals surface area contributed by atoms with Crippen LogP contribution in [0.15, 0.2) is 36.8 Å². The van der Waals surface area contributed by atoms with Crippen LogP contribution in [0.1, 0.15) is 51.3 Å². The van der Waals surface area contributed by atoms with Gasteiger partial charge in [0.1, 0.15) is 17.4 Å². The Hall–Kier alpha value is -3.56. The van der Waals surface area contributed by atoms with Crippen LogP contribution in [0.3, 0.4) is 0 Å². The van der Waals surface area contributed by atoms with Crippen LogP contribution >= 0.6 is 0 Å². The fourth-order valence-electron chi connectivity index (χ4n) is 4.05. The van der Waals surface area contributed by atoms with Gasteiger partial charge in [-0.2, -0.15) is 10.2 Å². The Balaban J connectivity index is 1.62. The van der Waals surface area contributed by atoms with Gasteiger partial charge in [-0.05, 0) is 30.7 Å². The van der Waals surface area contributed by atoms with E-state index in [-0.39, 0.29) is 11.6 Å². The number of aromatic nitrogens is 6. The van der Waals surface area contributed by atoms with Gasteiger partial charge in [0.15, 0.2) is 0 Å². The Morgan fingerprint density at radius 3 is 2.87 bits per heavy atom. The first-order chi connectivity index (χ1) is 14.4. The summed E-state index contributed by atoms with van der Waals surface area (Å²) in [6.45, 7) is 2.40. The fraction of sp³-hybridized carbons (Fsp3) is 0.300. The lowest BCUT2D eigenvalue weighted by molar-refractivity contribution is 0.0675.